The molecule has 7 heteroatoms. The van der Waals surface area contributed by atoms with E-state index in [1.54, 1.807) is 22.5 Å². The lowest BCUT2D eigenvalue weighted by molar-refractivity contribution is 0.117. The molecule has 0 aromatic heterocycles. The minimum Gasteiger partial charge on any atom is -0.486 e. The van der Waals surface area contributed by atoms with Gasteiger partial charge in [0.15, 0.2) is 11.5 Å². The molecule has 0 spiro atoms. The van der Waals surface area contributed by atoms with Crippen LogP contribution in [0.4, 0.5) is 0 Å². The average molecular weight is 338 g/mol. The topological polar surface area (TPSA) is 59.1 Å². The fourth-order valence-corrected chi connectivity index (χ4v) is 5.49. The molecule has 1 aromatic rings. The largest absolute Gasteiger partial charge is 0.486 e. The van der Waals surface area contributed by atoms with Crippen molar-refractivity contribution in [2.75, 3.05) is 32.8 Å². The van der Waals surface area contributed by atoms with Gasteiger partial charge in [-0.25, -0.2) is 8.42 Å². The van der Waals surface area contributed by atoms with Gasteiger partial charge in [0.05, 0.1) is 4.90 Å². The summed E-state index contributed by atoms with van der Waals surface area (Å²) in [5, 5.41) is 0. The predicted octanol–water partition coefficient (Wildman–Crippen LogP) is 1.31. The summed E-state index contributed by atoms with van der Waals surface area (Å²) >= 11 is 0. The third kappa shape index (κ3) is 2.60. The third-order valence-corrected chi connectivity index (χ3v) is 6.98. The Morgan fingerprint density at radius 3 is 2.74 bits per heavy atom. The third-order valence-electron chi connectivity index (χ3n) is 5.00. The van der Waals surface area contributed by atoms with Crippen molar-refractivity contribution < 1.29 is 17.9 Å². The van der Waals surface area contributed by atoms with E-state index in [1.165, 1.54) is 0 Å². The summed E-state index contributed by atoms with van der Waals surface area (Å²) in [4.78, 5) is 2.71. The Kier molecular flexibility index (Phi) is 3.74. The second kappa shape index (κ2) is 5.65. The van der Waals surface area contributed by atoms with E-state index in [4.69, 9.17) is 9.47 Å². The first-order valence-corrected chi connectivity index (χ1v) is 9.65. The predicted molar refractivity (Wildman–Crippen MR) is 85.4 cm³/mol. The molecule has 6 nitrogen and oxygen atoms in total. The second-order valence-electron chi connectivity index (χ2n) is 6.52. The highest BCUT2D eigenvalue weighted by molar-refractivity contribution is 7.89. The Labute approximate surface area is 137 Å². The highest BCUT2D eigenvalue weighted by atomic mass is 32.2. The Morgan fingerprint density at radius 1 is 1.13 bits per heavy atom. The van der Waals surface area contributed by atoms with Gasteiger partial charge in [0, 0.05) is 31.2 Å². The van der Waals surface area contributed by atoms with Crippen molar-refractivity contribution in [3.63, 3.8) is 0 Å². The van der Waals surface area contributed by atoms with Crippen molar-refractivity contribution >= 4 is 10.0 Å². The maximum atomic E-state index is 13.1. The van der Waals surface area contributed by atoms with E-state index in [9.17, 15) is 8.42 Å². The van der Waals surface area contributed by atoms with Crippen LogP contribution in [0, 0.1) is 0 Å². The van der Waals surface area contributed by atoms with Crippen molar-refractivity contribution in [2.24, 2.45) is 0 Å². The van der Waals surface area contributed by atoms with E-state index < -0.39 is 10.0 Å². The van der Waals surface area contributed by atoms with Crippen LogP contribution in [-0.2, 0) is 10.0 Å². The lowest BCUT2D eigenvalue weighted by Crippen LogP contribution is -2.56. The van der Waals surface area contributed by atoms with Crippen molar-refractivity contribution in [2.45, 2.75) is 36.7 Å². The Hall–Kier alpha value is -1.31. The Bertz CT molecular complexity index is 706. The van der Waals surface area contributed by atoms with Crippen LogP contribution in [0.5, 0.6) is 11.5 Å². The van der Waals surface area contributed by atoms with Crippen LogP contribution in [0.15, 0.2) is 23.1 Å². The number of rotatable bonds is 2. The maximum Gasteiger partial charge on any atom is 0.243 e. The number of hydrogen-bond acceptors (Lipinski definition) is 5. The summed E-state index contributed by atoms with van der Waals surface area (Å²) in [5.41, 5.74) is 0. The highest BCUT2D eigenvalue weighted by Gasteiger charge is 2.40. The van der Waals surface area contributed by atoms with Gasteiger partial charge in [-0.1, -0.05) is 0 Å². The molecule has 126 valence electrons. The van der Waals surface area contributed by atoms with Crippen LogP contribution < -0.4 is 9.47 Å². The van der Waals surface area contributed by atoms with E-state index in [-0.39, 0.29) is 6.04 Å². The molecule has 0 amide bonds. The molecule has 0 radical (unpaired) electrons. The summed E-state index contributed by atoms with van der Waals surface area (Å²) in [6, 6.07) is 5.26. The number of ether oxygens (including phenoxy) is 2. The molecular weight excluding hydrogens is 316 g/mol. The van der Waals surface area contributed by atoms with Gasteiger partial charge < -0.3 is 9.47 Å². The molecule has 3 heterocycles. The van der Waals surface area contributed by atoms with Crippen LogP contribution >= 0.6 is 0 Å². The van der Waals surface area contributed by atoms with Crippen LogP contribution in [0.1, 0.15) is 19.8 Å². The molecule has 0 saturated carbocycles. The summed E-state index contributed by atoms with van der Waals surface area (Å²) in [6.45, 7) is 5.43. The SMILES string of the molecule is C[C@@H]1CN2CCC[C@H]2CN1S(=O)(=O)c1ccc2c(c1)OCCO2. The monoisotopic (exact) mass is 338 g/mol. The molecule has 2 fully saturated rings. The number of hydrogen-bond donors (Lipinski definition) is 0. The van der Waals surface area contributed by atoms with Crippen LogP contribution in [-0.4, -0.2) is 62.6 Å². The lowest BCUT2D eigenvalue weighted by Gasteiger charge is -2.41. The van der Waals surface area contributed by atoms with Gasteiger partial charge in [0.2, 0.25) is 10.0 Å². The number of benzene rings is 1. The normalized spacial score (nSPS) is 28.6. The molecule has 1 aromatic carbocycles. The zero-order valence-electron chi connectivity index (χ0n) is 13.3. The molecule has 23 heavy (non-hydrogen) atoms. The Morgan fingerprint density at radius 2 is 1.91 bits per heavy atom. The molecular formula is C16H22N2O4S. The van der Waals surface area contributed by atoms with Crippen molar-refractivity contribution in [3.8, 4) is 11.5 Å². The van der Waals surface area contributed by atoms with Crippen LogP contribution in [0.25, 0.3) is 0 Å². The van der Waals surface area contributed by atoms with Gasteiger partial charge in [-0.05, 0) is 38.4 Å². The fourth-order valence-electron chi connectivity index (χ4n) is 3.81. The fraction of sp³-hybridized carbons (Fsp3) is 0.625. The van der Waals surface area contributed by atoms with Crippen LogP contribution in [0.2, 0.25) is 0 Å². The minimum atomic E-state index is -3.51. The van der Waals surface area contributed by atoms with Gasteiger partial charge >= 0.3 is 0 Å². The van der Waals surface area contributed by atoms with E-state index in [0.29, 0.717) is 42.2 Å². The summed E-state index contributed by atoms with van der Waals surface area (Å²) in [6.07, 6.45) is 2.25. The summed E-state index contributed by atoms with van der Waals surface area (Å²) in [7, 11) is -3.51. The van der Waals surface area contributed by atoms with Crippen molar-refractivity contribution in [3.05, 3.63) is 18.2 Å². The Balaban J connectivity index is 1.64. The number of piperazine rings is 1. The van der Waals surface area contributed by atoms with Gasteiger partial charge in [-0.15, -0.1) is 0 Å². The van der Waals surface area contributed by atoms with E-state index >= 15 is 0 Å². The molecule has 4 rings (SSSR count). The average Bonchev–Trinajstić information content (AvgIpc) is 3.00. The second-order valence-corrected chi connectivity index (χ2v) is 8.41. The van der Waals surface area contributed by atoms with Gasteiger partial charge in [0.1, 0.15) is 13.2 Å². The molecule has 3 aliphatic heterocycles. The van der Waals surface area contributed by atoms with Crippen molar-refractivity contribution in [1.82, 2.24) is 9.21 Å². The van der Waals surface area contributed by atoms with Gasteiger partial charge in [-0.3, -0.25) is 4.90 Å². The minimum absolute atomic E-state index is 0.0115. The zero-order valence-corrected chi connectivity index (χ0v) is 14.1. The first-order chi connectivity index (χ1) is 11.1. The van der Waals surface area contributed by atoms with E-state index in [2.05, 4.69) is 4.90 Å². The number of sulfonamides is 1. The first kappa shape index (κ1) is 15.2. The maximum absolute atomic E-state index is 13.1. The van der Waals surface area contributed by atoms with E-state index in [0.717, 1.165) is 25.9 Å². The molecule has 0 N–H and O–H groups in total. The molecule has 0 aliphatic carbocycles. The first-order valence-electron chi connectivity index (χ1n) is 8.21. The quantitative estimate of drug-likeness (QED) is 0.814. The molecule has 3 aliphatic rings. The molecule has 0 unspecified atom stereocenters. The number of nitrogens with zero attached hydrogens (tertiary/aromatic N) is 2. The molecule has 2 atom stereocenters. The highest BCUT2D eigenvalue weighted by Crippen LogP contribution is 2.35. The zero-order chi connectivity index (χ0) is 16.0. The molecule has 0 bridgehead atoms. The summed E-state index contributed by atoms with van der Waals surface area (Å²) < 4.78 is 38.8. The standard InChI is InChI=1S/C16H22N2O4S/c1-12-10-17-6-2-3-13(17)11-18(12)23(19,20)14-4-5-15-16(9-14)22-8-7-21-15/h4-5,9,12-13H,2-3,6-8,10-11H2,1H3/t12-,13+/m1/s1. The molecule has 2 saturated heterocycles. The summed E-state index contributed by atoms with van der Waals surface area (Å²) in [5.74, 6) is 1.13. The van der Waals surface area contributed by atoms with Crippen molar-refractivity contribution in [1.29, 1.82) is 0 Å². The van der Waals surface area contributed by atoms with Gasteiger partial charge in [-0.2, -0.15) is 4.31 Å². The number of fused-ring (bicyclic) bond motifs is 2. The van der Waals surface area contributed by atoms with Crippen LogP contribution in [0.3, 0.4) is 0 Å². The lowest BCUT2D eigenvalue weighted by atomic mass is 10.1. The van der Waals surface area contributed by atoms with Gasteiger partial charge in [0.25, 0.3) is 0 Å². The van der Waals surface area contributed by atoms with E-state index in [1.807, 2.05) is 6.92 Å². The smallest absolute Gasteiger partial charge is 0.243 e.